The number of aliphatic hydroxyl groups is 5. The minimum absolute atomic E-state index is 0.100. The fraction of sp³-hybridized carbons (Fsp3) is 0.724. The maximum absolute atomic E-state index is 14.8. The molecule has 0 saturated carbocycles. The molecule has 1 amide bonds. The van der Waals surface area contributed by atoms with E-state index in [0.29, 0.717) is 38.2 Å². The number of aliphatic hydroxyl groups excluding tert-OH is 3. The number of aromatic nitrogens is 3. The molecule has 20 nitrogen and oxygen atoms in total. The number of amides is 1. The van der Waals surface area contributed by atoms with E-state index >= 15 is 0 Å². The van der Waals surface area contributed by atoms with Crippen molar-refractivity contribution in [3.05, 3.63) is 71.8 Å². The lowest BCUT2D eigenvalue weighted by molar-refractivity contribution is -0.318. The number of hydrogen-bond donors (Lipinski definition) is 5. The Morgan fingerprint density at radius 1 is 0.899 bits per heavy atom. The third-order valence-corrected chi connectivity index (χ3v) is 16.9. The number of likely N-dealkylation sites (N-methyl/N-ethyl adjacent to an activating group) is 3. The summed E-state index contributed by atoms with van der Waals surface area (Å²) >= 11 is 0. The summed E-state index contributed by atoms with van der Waals surface area (Å²) in [5.74, 6) is -3.07. The van der Waals surface area contributed by atoms with E-state index in [9.17, 15) is 39.5 Å². The van der Waals surface area contributed by atoms with Crippen molar-refractivity contribution in [3.63, 3.8) is 0 Å². The highest BCUT2D eigenvalue weighted by Crippen LogP contribution is 2.41. The van der Waals surface area contributed by atoms with Crippen molar-refractivity contribution in [2.45, 2.75) is 211 Å². The van der Waals surface area contributed by atoms with E-state index in [0.717, 1.165) is 16.7 Å². The number of halogens is 1. The van der Waals surface area contributed by atoms with Crippen LogP contribution in [0.25, 0.3) is 11.1 Å². The topological polar surface area (TPSA) is 240 Å². The average molecular weight is 1120 g/mol. The zero-order valence-electron chi connectivity index (χ0n) is 49.1. The van der Waals surface area contributed by atoms with E-state index < -0.39 is 102 Å². The van der Waals surface area contributed by atoms with Gasteiger partial charge in [-0.3, -0.25) is 9.69 Å². The summed E-state index contributed by atoms with van der Waals surface area (Å²) in [4.78, 5) is 30.9. The Hall–Kier alpha value is -4.23. The van der Waals surface area contributed by atoms with Crippen molar-refractivity contribution >= 4 is 12.1 Å². The second-order valence-electron chi connectivity index (χ2n) is 23.8. The van der Waals surface area contributed by atoms with Gasteiger partial charge in [-0.15, -0.1) is 5.10 Å². The van der Waals surface area contributed by atoms with Gasteiger partial charge in [0.25, 0.3) is 0 Å². The lowest BCUT2D eigenvalue weighted by Gasteiger charge is -2.49. The van der Waals surface area contributed by atoms with Crippen LogP contribution in [-0.2, 0) is 51.0 Å². The Balaban J connectivity index is 0.000000672. The van der Waals surface area contributed by atoms with E-state index in [1.807, 2.05) is 81.9 Å². The van der Waals surface area contributed by atoms with Crippen LogP contribution in [-0.4, -0.2) is 205 Å². The van der Waals surface area contributed by atoms with Gasteiger partial charge >= 0.3 is 12.1 Å². The summed E-state index contributed by atoms with van der Waals surface area (Å²) < 4.78 is 59.7. The maximum Gasteiger partial charge on any atom is 0.410 e. The third kappa shape index (κ3) is 15.5. The summed E-state index contributed by atoms with van der Waals surface area (Å²) in [6.45, 7) is 21.4. The van der Waals surface area contributed by atoms with Gasteiger partial charge in [-0.05, 0) is 117 Å². The molecule has 5 heterocycles. The number of esters is 1. The molecule has 2 aromatic carbocycles. The summed E-state index contributed by atoms with van der Waals surface area (Å²) in [6, 6.07) is 11.9. The van der Waals surface area contributed by atoms with Crippen molar-refractivity contribution in [3.8, 4) is 11.1 Å². The molecule has 1 aromatic heterocycles. The average Bonchev–Trinajstić information content (AvgIpc) is 4.06. The van der Waals surface area contributed by atoms with Crippen molar-refractivity contribution in [1.82, 2.24) is 29.7 Å². The van der Waals surface area contributed by atoms with Crippen LogP contribution >= 0.6 is 0 Å². The number of aryl methyl sites for hydroxylation is 1. The maximum atomic E-state index is 14.8. The van der Waals surface area contributed by atoms with Crippen LogP contribution in [0.15, 0.2) is 54.9 Å². The van der Waals surface area contributed by atoms with Gasteiger partial charge in [0.05, 0.1) is 60.8 Å². The number of rotatable bonds is 12. The molecule has 4 aliphatic heterocycles. The van der Waals surface area contributed by atoms with Gasteiger partial charge in [-0.2, -0.15) is 0 Å². The standard InChI is InChI=1S/C51H81FN2O12.C7H10N4O2/c1-15-40-51(11,60)44(56)33(7)53(12)26-29(3)24-49(9,59)46(31(5)43(32(6)47(58)64-40)65-41-25-50(10,61-14)45(57)34(8)63-41)66-48-42(55)39(23-30(4)62-48)54(13)27-35-17-19-36(20-18-35)37-21-16-28(2)22-38(37)52;1-10-4-6(13-7(10)12)5-11-3-2-8-9-11/h16-22,29-34,39-46,48,55-57,59-60H,15,23-27H2,1-14H3;2-3,6H,4-5H2,1H3/t29-,30-,31+,32-,33-,34+,39+,40-,41+,42-,43+,44-,45+,46-,48+,49-,50-,51-;6-/m11/s1. The number of cyclic esters (lactones) is 2. The van der Waals surface area contributed by atoms with Crippen LogP contribution in [0.1, 0.15) is 106 Å². The van der Waals surface area contributed by atoms with Crippen LogP contribution < -0.4 is 0 Å². The minimum atomic E-state index is -1.84. The molecular formula is C58H91FN6O14. The molecule has 79 heavy (non-hydrogen) atoms. The van der Waals surface area contributed by atoms with E-state index in [1.54, 1.807) is 76.6 Å². The molecule has 5 N–H and O–H groups in total. The molecule has 0 radical (unpaired) electrons. The highest BCUT2D eigenvalue weighted by molar-refractivity contribution is 5.73. The molecule has 4 aliphatic rings. The molecule has 0 bridgehead atoms. The summed E-state index contributed by atoms with van der Waals surface area (Å²) in [5, 5.41) is 67.0. The van der Waals surface area contributed by atoms with Gasteiger partial charge in [0.1, 0.15) is 41.9 Å². The zero-order chi connectivity index (χ0) is 58.5. The van der Waals surface area contributed by atoms with Gasteiger partial charge < -0.3 is 68.5 Å². The predicted octanol–water partition coefficient (Wildman–Crippen LogP) is 5.31. The summed E-state index contributed by atoms with van der Waals surface area (Å²) in [5.41, 5.74) is -1.44. The SMILES string of the molecule is CC[C@H]1OC(=O)[C@H](C)[C@@H](O[C@H]2C[C@@](C)(OC)[C@@H](O)[C@H](C)O2)[C@H](C)[C@@H](O[C@@H]2O[C@H](C)C[C@H](N(C)Cc3ccc(-c4ccc(C)cc4F)cc3)[C@H]2O)[C@](C)(O)C[C@@H](C)CN(C)[C@H](C)[C@@H](O)[C@]1(C)O.CN1C[C@H](Cn2ccnn2)OC1=O. The third-order valence-electron chi connectivity index (χ3n) is 16.9. The Kier molecular flexibility index (Phi) is 21.7. The van der Waals surface area contributed by atoms with E-state index in [4.69, 9.17) is 33.2 Å². The molecule has 0 unspecified atom stereocenters. The van der Waals surface area contributed by atoms with Crippen LogP contribution in [0.4, 0.5) is 9.18 Å². The summed E-state index contributed by atoms with van der Waals surface area (Å²) in [7, 11) is 6.97. The second-order valence-corrected chi connectivity index (χ2v) is 23.8. The predicted molar refractivity (Wildman–Crippen MR) is 291 cm³/mol. The van der Waals surface area contributed by atoms with Crippen LogP contribution in [0.5, 0.6) is 0 Å². The van der Waals surface area contributed by atoms with Gasteiger partial charge in [-0.25, -0.2) is 13.9 Å². The molecule has 0 aliphatic carbocycles. The van der Waals surface area contributed by atoms with Crippen LogP contribution in [0.2, 0.25) is 0 Å². The zero-order valence-corrected chi connectivity index (χ0v) is 49.1. The van der Waals surface area contributed by atoms with Crippen molar-refractivity contribution in [2.75, 3.05) is 41.3 Å². The monoisotopic (exact) mass is 1110 g/mol. The Bertz CT molecular complexity index is 2420. The van der Waals surface area contributed by atoms with Crippen molar-refractivity contribution in [1.29, 1.82) is 0 Å². The van der Waals surface area contributed by atoms with Gasteiger partial charge in [0, 0.05) is 63.4 Å². The number of hydrogen-bond acceptors (Lipinski definition) is 18. The van der Waals surface area contributed by atoms with Gasteiger partial charge in [-0.1, -0.05) is 62.4 Å². The van der Waals surface area contributed by atoms with E-state index in [2.05, 4.69) is 10.3 Å². The normalized spacial score (nSPS) is 38.3. The highest BCUT2D eigenvalue weighted by Gasteiger charge is 2.53. The molecule has 4 saturated heterocycles. The molecule has 19 atom stereocenters. The quantitative estimate of drug-likeness (QED) is 0.144. The lowest BCUT2D eigenvalue weighted by atomic mass is 9.77. The van der Waals surface area contributed by atoms with E-state index in [-0.39, 0.29) is 49.3 Å². The molecule has 0 spiro atoms. The molecule has 7 rings (SSSR count). The molecule has 4 fully saturated rings. The fourth-order valence-corrected chi connectivity index (χ4v) is 12.0. The Morgan fingerprint density at radius 3 is 2.18 bits per heavy atom. The minimum Gasteiger partial charge on any atom is -0.459 e. The largest absolute Gasteiger partial charge is 0.459 e. The molecular weight excluding hydrogens is 1020 g/mol. The van der Waals surface area contributed by atoms with Crippen molar-refractivity contribution in [2.24, 2.45) is 17.8 Å². The first kappa shape index (κ1) is 63.9. The fourth-order valence-electron chi connectivity index (χ4n) is 12.0. The van der Waals surface area contributed by atoms with Gasteiger partial charge in [0.2, 0.25) is 0 Å². The van der Waals surface area contributed by atoms with Crippen molar-refractivity contribution < 1.29 is 72.7 Å². The first-order valence-corrected chi connectivity index (χ1v) is 27.9. The molecule has 3 aromatic rings. The molecule has 21 heteroatoms. The number of methoxy groups -OCH3 is 1. The Labute approximate surface area is 466 Å². The van der Waals surface area contributed by atoms with Crippen LogP contribution in [0.3, 0.4) is 0 Å². The number of ether oxygens (including phenoxy) is 7. The lowest BCUT2D eigenvalue weighted by Crippen LogP contribution is -2.60. The summed E-state index contributed by atoms with van der Waals surface area (Å²) in [6.07, 6.45) is -6.14. The highest BCUT2D eigenvalue weighted by atomic mass is 19.1. The first-order chi connectivity index (χ1) is 37.0. The second kappa shape index (κ2) is 26.8. The smallest absolute Gasteiger partial charge is 0.410 e. The number of nitrogens with zero attached hydrogens (tertiary/aromatic N) is 6. The van der Waals surface area contributed by atoms with Gasteiger partial charge in [0.15, 0.2) is 12.6 Å². The number of benzene rings is 2. The van der Waals surface area contributed by atoms with Crippen LogP contribution in [0, 0.1) is 30.5 Å². The Morgan fingerprint density at radius 2 is 1.58 bits per heavy atom. The first-order valence-electron chi connectivity index (χ1n) is 27.9. The number of carbonyl (C=O) groups is 2. The van der Waals surface area contributed by atoms with E-state index in [1.165, 1.54) is 20.1 Å². The molecule has 444 valence electrons. The number of carbonyl (C=O) groups excluding carboxylic acids is 2.